The fraction of sp³-hybridized carbons (Fsp3) is 0.333. The summed E-state index contributed by atoms with van der Waals surface area (Å²) in [6, 6.07) is 13.2. The van der Waals surface area contributed by atoms with Crippen LogP contribution >= 0.6 is 15.9 Å². The zero-order valence-electron chi connectivity index (χ0n) is 16.3. The summed E-state index contributed by atoms with van der Waals surface area (Å²) in [5.74, 6) is 2.37. The molecule has 0 bridgehead atoms. The Morgan fingerprint density at radius 3 is 2.66 bits per heavy atom. The van der Waals surface area contributed by atoms with Gasteiger partial charge in [0.2, 0.25) is 0 Å². The number of hydrogen-bond donors (Lipinski definition) is 1. The molecule has 2 aromatic heterocycles. The van der Waals surface area contributed by atoms with Crippen LogP contribution in [-0.4, -0.2) is 15.0 Å². The van der Waals surface area contributed by atoms with E-state index in [0.29, 0.717) is 17.8 Å². The van der Waals surface area contributed by atoms with Crippen molar-refractivity contribution in [3.05, 3.63) is 70.3 Å². The number of fused-ring (bicyclic) bond motifs is 2. The Morgan fingerprint density at radius 1 is 1.03 bits per heavy atom. The van der Waals surface area contributed by atoms with Crippen LogP contribution in [0.25, 0.3) is 21.9 Å². The molecule has 0 radical (unpaired) electrons. The van der Waals surface area contributed by atoms with Crippen molar-refractivity contribution < 1.29 is 4.39 Å². The van der Waals surface area contributed by atoms with Crippen molar-refractivity contribution >= 4 is 37.9 Å². The highest BCUT2D eigenvalue weighted by Crippen LogP contribution is 2.43. The zero-order valence-corrected chi connectivity index (χ0v) is 17.9. The summed E-state index contributed by atoms with van der Waals surface area (Å²) in [4.78, 5) is 12.8. The SMILES string of the molecule is CC(c1nc2ccc(Br)cc2[nH]1)C1CCC(c2ccnc3ccc(F)cc23)CC1. The van der Waals surface area contributed by atoms with Crippen LogP contribution < -0.4 is 0 Å². The summed E-state index contributed by atoms with van der Waals surface area (Å²) in [7, 11) is 0. The van der Waals surface area contributed by atoms with E-state index in [9.17, 15) is 4.39 Å². The Kier molecular flexibility index (Phi) is 4.86. The van der Waals surface area contributed by atoms with Gasteiger partial charge in [-0.1, -0.05) is 22.9 Å². The summed E-state index contributed by atoms with van der Waals surface area (Å²) in [6.45, 7) is 2.29. The first-order chi connectivity index (χ1) is 14.1. The standard InChI is InChI=1S/C24H23BrFN3/c1-14(24-28-22-8-6-17(25)12-23(22)29-24)15-2-4-16(5-3-15)19-10-11-27-21-9-7-18(26)13-20(19)21/h6-16H,2-5H2,1H3,(H,28,29). The lowest BCUT2D eigenvalue weighted by molar-refractivity contribution is 0.286. The fourth-order valence-electron chi connectivity index (χ4n) is 4.87. The number of benzene rings is 2. The minimum Gasteiger partial charge on any atom is -0.342 e. The molecule has 5 rings (SSSR count). The van der Waals surface area contributed by atoms with Gasteiger partial charge in [-0.2, -0.15) is 0 Å². The lowest BCUT2D eigenvalue weighted by atomic mass is 9.73. The van der Waals surface area contributed by atoms with Gasteiger partial charge < -0.3 is 4.98 Å². The van der Waals surface area contributed by atoms with Gasteiger partial charge >= 0.3 is 0 Å². The summed E-state index contributed by atoms with van der Waals surface area (Å²) in [5.41, 5.74) is 4.23. The highest BCUT2D eigenvalue weighted by atomic mass is 79.9. The van der Waals surface area contributed by atoms with E-state index in [1.54, 1.807) is 12.1 Å². The average molecular weight is 452 g/mol. The first-order valence-electron chi connectivity index (χ1n) is 10.3. The largest absolute Gasteiger partial charge is 0.342 e. The molecule has 1 aliphatic carbocycles. The van der Waals surface area contributed by atoms with E-state index in [1.807, 2.05) is 12.3 Å². The fourth-order valence-corrected chi connectivity index (χ4v) is 5.23. The van der Waals surface area contributed by atoms with Crippen LogP contribution in [0.4, 0.5) is 4.39 Å². The van der Waals surface area contributed by atoms with E-state index in [2.05, 4.69) is 51.0 Å². The highest BCUT2D eigenvalue weighted by Gasteiger charge is 2.29. The normalized spacial score (nSPS) is 20.9. The molecule has 0 amide bonds. The molecule has 1 fully saturated rings. The number of nitrogens with zero attached hydrogens (tertiary/aromatic N) is 2. The van der Waals surface area contributed by atoms with Crippen LogP contribution in [0.5, 0.6) is 0 Å². The maximum atomic E-state index is 13.8. The van der Waals surface area contributed by atoms with E-state index in [0.717, 1.165) is 57.9 Å². The van der Waals surface area contributed by atoms with Crippen LogP contribution in [0.3, 0.4) is 0 Å². The number of aromatic nitrogens is 3. The first kappa shape index (κ1) is 18.7. The summed E-state index contributed by atoms with van der Waals surface area (Å²) in [6.07, 6.45) is 6.42. The predicted octanol–water partition coefficient (Wildman–Crippen LogP) is 7.09. The van der Waals surface area contributed by atoms with Crippen molar-refractivity contribution in [1.82, 2.24) is 15.0 Å². The Morgan fingerprint density at radius 2 is 1.83 bits per heavy atom. The maximum absolute atomic E-state index is 13.8. The van der Waals surface area contributed by atoms with Crippen molar-refractivity contribution in [2.24, 2.45) is 5.92 Å². The van der Waals surface area contributed by atoms with E-state index in [4.69, 9.17) is 4.98 Å². The quantitative estimate of drug-likeness (QED) is 0.361. The van der Waals surface area contributed by atoms with Crippen molar-refractivity contribution in [2.75, 3.05) is 0 Å². The smallest absolute Gasteiger partial charge is 0.123 e. The molecule has 5 heteroatoms. The second-order valence-electron chi connectivity index (χ2n) is 8.25. The minimum atomic E-state index is -0.189. The van der Waals surface area contributed by atoms with Crippen LogP contribution in [-0.2, 0) is 0 Å². The summed E-state index contributed by atoms with van der Waals surface area (Å²) < 4.78 is 14.9. The maximum Gasteiger partial charge on any atom is 0.123 e. The van der Waals surface area contributed by atoms with Crippen molar-refractivity contribution in [2.45, 2.75) is 44.4 Å². The van der Waals surface area contributed by atoms with Gasteiger partial charge in [-0.15, -0.1) is 0 Å². The van der Waals surface area contributed by atoms with Gasteiger partial charge in [0.15, 0.2) is 0 Å². The van der Waals surface area contributed by atoms with Crippen molar-refractivity contribution in [3.8, 4) is 0 Å². The van der Waals surface area contributed by atoms with E-state index in [-0.39, 0.29) is 5.82 Å². The van der Waals surface area contributed by atoms with Gasteiger partial charge in [-0.05, 0) is 85.5 Å². The molecule has 4 aromatic rings. The zero-order chi connectivity index (χ0) is 20.0. The van der Waals surface area contributed by atoms with Gasteiger partial charge in [0.05, 0.1) is 16.6 Å². The van der Waals surface area contributed by atoms with E-state index in [1.165, 1.54) is 11.6 Å². The topological polar surface area (TPSA) is 41.6 Å². The van der Waals surface area contributed by atoms with Gasteiger partial charge in [0, 0.05) is 22.0 Å². The molecule has 148 valence electrons. The molecular weight excluding hydrogens is 429 g/mol. The third-order valence-electron chi connectivity index (χ3n) is 6.55. The number of pyridine rings is 1. The monoisotopic (exact) mass is 451 g/mol. The molecule has 0 aliphatic heterocycles. The van der Waals surface area contributed by atoms with E-state index >= 15 is 0 Å². The molecule has 29 heavy (non-hydrogen) atoms. The van der Waals surface area contributed by atoms with Gasteiger partial charge in [0.25, 0.3) is 0 Å². The molecule has 2 heterocycles. The number of nitrogens with one attached hydrogen (secondary N) is 1. The van der Waals surface area contributed by atoms with Crippen molar-refractivity contribution in [3.63, 3.8) is 0 Å². The molecule has 2 aromatic carbocycles. The third kappa shape index (κ3) is 3.57. The molecule has 3 nitrogen and oxygen atoms in total. The minimum absolute atomic E-state index is 0.189. The second-order valence-corrected chi connectivity index (χ2v) is 9.16. The molecule has 1 saturated carbocycles. The van der Waals surface area contributed by atoms with Crippen LogP contribution in [0, 0.1) is 11.7 Å². The highest BCUT2D eigenvalue weighted by molar-refractivity contribution is 9.10. The Labute approximate surface area is 177 Å². The Balaban J connectivity index is 1.34. The average Bonchev–Trinajstić information content (AvgIpc) is 3.16. The van der Waals surface area contributed by atoms with Crippen LogP contribution in [0.1, 0.15) is 55.8 Å². The molecular formula is C24H23BrFN3. The lowest BCUT2D eigenvalue weighted by Crippen LogP contribution is -2.19. The van der Waals surface area contributed by atoms with E-state index < -0.39 is 0 Å². The predicted molar refractivity (Wildman–Crippen MR) is 119 cm³/mol. The van der Waals surface area contributed by atoms with Gasteiger partial charge in [-0.25, -0.2) is 9.37 Å². The Hall–Kier alpha value is -2.27. The number of H-pyrrole nitrogens is 1. The molecule has 0 spiro atoms. The molecule has 1 unspecified atom stereocenters. The summed E-state index contributed by atoms with van der Waals surface area (Å²) in [5, 5.41) is 0.965. The van der Waals surface area contributed by atoms with Gasteiger partial charge in [-0.3, -0.25) is 4.98 Å². The molecule has 1 atom stereocenters. The molecule has 0 saturated heterocycles. The molecule has 1 aliphatic rings. The van der Waals surface area contributed by atoms with Crippen molar-refractivity contribution in [1.29, 1.82) is 0 Å². The number of rotatable bonds is 3. The number of imidazole rings is 1. The van der Waals surface area contributed by atoms with Crippen LogP contribution in [0.15, 0.2) is 53.1 Å². The second kappa shape index (κ2) is 7.52. The molecule has 1 N–H and O–H groups in total. The lowest BCUT2D eigenvalue weighted by Gasteiger charge is -2.32. The third-order valence-corrected chi connectivity index (χ3v) is 7.04. The first-order valence-corrected chi connectivity index (χ1v) is 11.1. The number of halogens is 2. The number of aromatic amines is 1. The number of hydrogen-bond acceptors (Lipinski definition) is 2. The van der Waals surface area contributed by atoms with Crippen LogP contribution in [0.2, 0.25) is 0 Å². The summed E-state index contributed by atoms with van der Waals surface area (Å²) >= 11 is 3.53. The Bertz CT molecular complexity index is 1180. The van der Waals surface area contributed by atoms with Gasteiger partial charge in [0.1, 0.15) is 11.6 Å².